The van der Waals surface area contributed by atoms with Crippen molar-refractivity contribution in [3.63, 3.8) is 0 Å². The summed E-state index contributed by atoms with van der Waals surface area (Å²) in [5.41, 5.74) is -0.101. The molecular formula is C19H23N5O4. The molecule has 2 aromatic heterocycles. The number of carboxylic acid groups (broad SMARTS) is 1. The number of likely N-dealkylation sites (tertiary alicyclic amines) is 1. The van der Waals surface area contributed by atoms with Crippen molar-refractivity contribution in [3.05, 3.63) is 35.5 Å². The summed E-state index contributed by atoms with van der Waals surface area (Å²) < 4.78 is 7.29. The number of aryl methyl sites for hydroxylation is 1. The van der Waals surface area contributed by atoms with Crippen LogP contribution in [-0.4, -0.2) is 55.3 Å². The van der Waals surface area contributed by atoms with Crippen molar-refractivity contribution in [3.8, 4) is 5.82 Å². The smallest absolute Gasteiger partial charge is 0.410 e. The number of carbonyl (C=O) groups excluding carboxylic acids is 1. The molecule has 0 radical (unpaired) electrons. The second kappa shape index (κ2) is 5.95. The molecule has 4 heterocycles. The highest BCUT2D eigenvalue weighted by Crippen LogP contribution is 2.44. The number of carbonyl (C=O) groups is 2. The van der Waals surface area contributed by atoms with Crippen molar-refractivity contribution < 1.29 is 19.4 Å². The van der Waals surface area contributed by atoms with E-state index in [1.807, 2.05) is 32.9 Å². The molecule has 4 rings (SSSR count). The number of amides is 1. The van der Waals surface area contributed by atoms with Gasteiger partial charge in [-0.15, -0.1) is 0 Å². The van der Waals surface area contributed by atoms with Crippen LogP contribution in [0.5, 0.6) is 0 Å². The van der Waals surface area contributed by atoms with Crippen LogP contribution < -0.4 is 5.32 Å². The Kier molecular flexibility index (Phi) is 3.88. The van der Waals surface area contributed by atoms with Gasteiger partial charge in [0.05, 0.1) is 17.9 Å². The van der Waals surface area contributed by atoms with Crippen molar-refractivity contribution >= 4 is 17.7 Å². The van der Waals surface area contributed by atoms with Crippen molar-refractivity contribution in [2.24, 2.45) is 0 Å². The number of pyridine rings is 1. The van der Waals surface area contributed by atoms with E-state index in [0.29, 0.717) is 30.3 Å². The van der Waals surface area contributed by atoms with Gasteiger partial charge in [-0.25, -0.2) is 19.6 Å². The largest absolute Gasteiger partial charge is 0.476 e. The number of nitrogens with one attached hydrogen (secondary N) is 1. The fourth-order valence-electron chi connectivity index (χ4n) is 3.96. The van der Waals surface area contributed by atoms with E-state index in [9.17, 15) is 14.7 Å². The predicted molar refractivity (Wildman–Crippen MR) is 101 cm³/mol. The van der Waals surface area contributed by atoms with Gasteiger partial charge >= 0.3 is 12.1 Å². The standard InChI is InChI=1S/C19H23N5O4/c1-11-21-13(16(25)26)14-19(22-12-6-5-8-20-15(12)24(11)14)7-9-23(10-19)17(27)28-18(2,3)4/h5-6,8,22H,7,9-10H2,1-4H3,(H,25,26). The number of hydrogen-bond donors (Lipinski definition) is 2. The molecule has 2 aliphatic rings. The first-order chi connectivity index (χ1) is 13.1. The number of aromatic carboxylic acids is 1. The first kappa shape index (κ1) is 18.3. The van der Waals surface area contributed by atoms with Crippen LogP contribution in [0.25, 0.3) is 5.82 Å². The average molecular weight is 385 g/mol. The van der Waals surface area contributed by atoms with Crippen molar-refractivity contribution in [1.82, 2.24) is 19.4 Å². The van der Waals surface area contributed by atoms with Crippen LogP contribution in [0.3, 0.4) is 0 Å². The lowest BCUT2D eigenvalue weighted by molar-refractivity contribution is 0.0285. The van der Waals surface area contributed by atoms with E-state index < -0.39 is 23.2 Å². The van der Waals surface area contributed by atoms with Crippen LogP contribution in [0.1, 0.15) is 49.2 Å². The Morgan fingerprint density at radius 2 is 2.11 bits per heavy atom. The second-order valence-corrected chi connectivity index (χ2v) is 8.23. The number of rotatable bonds is 1. The molecule has 0 bridgehead atoms. The lowest BCUT2D eigenvalue weighted by Gasteiger charge is -2.37. The fraction of sp³-hybridized carbons (Fsp3) is 0.474. The Morgan fingerprint density at radius 3 is 2.79 bits per heavy atom. The zero-order valence-electron chi connectivity index (χ0n) is 16.3. The number of ether oxygens (including phenoxy) is 1. The van der Waals surface area contributed by atoms with Gasteiger partial charge in [-0.1, -0.05) is 0 Å². The molecule has 1 unspecified atom stereocenters. The minimum Gasteiger partial charge on any atom is -0.476 e. The van der Waals surface area contributed by atoms with Gasteiger partial charge in [-0.3, -0.25) is 4.57 Å². The van der Waals surface area contributed by atoms with E-state index in [1.165, 1.54) is 0 Å². The van der Waals surface area contributed by atoms with Gasteiger partial charge in [0.2, 0.25) is 0 Å². The summed E-state index contributed by atoms with van der Waals surface area (Å²) in [5, 5.41) is 13.2. The minimum absolute atomic E-state index is 0.0210. The van der Waals surface area contributed by atoms with Crippen LogP contribution >= 0.6 is 0 Å². The number of imidazole rings is 1. The van der Waals surface area contributed by atoms with Crippen molar-refractivity contribution in [2.45, 2.75) is 45.3 Å². The minimum atomic E-state index is -1.10. The van der Waals surface area contributed by atoms with Gasteiger partial charge < -0.3 is 20.1 Å². The molecule has 0 aliphatic carbocycles. The topological polar surface area (TPSA) is 110 Å². The summed E-state index contributed by atoms with van der Waals surface area (Å²) in [7, 11) is 0. The SMILES string of the molecule is Cc1nc(C(=O)O)c2n1-c1ncccc1NC21CCN(C(=O)OC(C)(C)C)C1. The average Bonchev–Trinajstić information content (AvgIpc) is 3.17. The first-order valence-corrected chi connectivity index (χ1v) is 9.16. The van der Waals surface area contributed by atoms with E-state index in [-0.39, 0.29) is 12.2 Å². The third-order valence-corrected chi connectivity index (χ3v) is 4.99. The van der Waals surface area contributed by atoms with E-state index in [2.05, 4.69) is 15.3 Å². The Morgan fingerprint density at radius 1 is 1.36 bits per heavy atom. The highest BCUT2D eigenvalue weighted by atomic mass is 16.6. The fourth-order valence-corrected chi connectivity index (χ4v) is 3.96. The molecule has 28 heavy (non-hydrogen) atoms. The Bertz CT molecular complexity index is 977. The Balaban J connectivity index is 1.80. The summed E-state index contributed by atoms with van der Waals surface area (Å²) in [6.45, 7) is 7.94. The number of nitrogens with zero attached hydrogens (tertiary/aromatic N) is 4. The number of fused-ring (bicyclic) bond motifs is 4. The zero-order valence-corrected chi connectivity index (χ0v) is 16.3. The van der Waals surface area contributed by atoms with Crippen LogP contribution in [0, 0.1) is 6.92 Å². The molecule has 9 nitrogen and oxygen atoms in total. The Labute approximate surface area is 162 Å². The molecule has 1 saturated heterocycles. The van der Waals surface area contributed by atoms with Gasteiger partial charge in [-0.2, -0.15) is 0 Å². The lowest BCUT2D eigenvalue weighted by atomic mass is 9.90. The molecular weight excluding hydrogens is 362 g/mol. The number of carboxylic acids is 1. The zero-order chi connectivity index (χ0) is 20.3. The van der Waals surface area contributed by atoms with Gasteiger partial charge in [0, 0.05) is 12.7 Å². The maximum Gasteiger partial charge on any atom is 0.410 e. The molecule has 9 heteroatoms. The predicted octanol–water partition coefficient (Wildman–Crippen LogP) is 2.54. The highest BCUT2D eigenvalue weighted by molar-refractivity contribution is 5.89. The van der Waals surface area contributed by atoms with Gasteiger partial charge in [0.1, 0.15) is 17.0 Å². The Hall–Kier alpha value is -3.10. The number of hydrogen-bond acceptors (Lipinski definition) is 6. The summed E-state index contributed by atoms with van der Waals surface area (Å²) in [4.78, 5) is 34.8. The normalized spacial score (nSPS) is 20.5. The van der Waals surface area contributed by atoms with Gasteiger partial charge in [0.15, 0.2) is 11.5 Å². The molecule has 2 aliphatic heterocycles. The first-order valence-electron chi connectivity index (χ1n) is 9.16. The maximum absolute atomic E-state index is 12.6. The van der Waals surface area contributed by atoms with Crippen LogP contribution in [-0.2, 0) is 10.3 Å². The molecule has 148 valence electrons. The van der Waals surface area contributed by atoms with E-state index in [0.717, 1.165) is 5.69 Å². The molecule has 2 aromatic rings. The number of aromatic nitrogens is 3. The van der Waals surface area contributed by atoms with Gasteiger partial charge in [0.25, 0.3) is 0 Å². The monoisotopic (exact) mass is 385 g/mol. The summed E-state index contributed by atoms with van der Waals surface area (Å²) in [5.74, 6) is 0.0495. The van der Waals surface area contributed by atoms with Crippen LogP contribution in [0.2, 0.25) is 0 Å². The number of anilines is 1. The van der Waals surface area contributed by atoms with Crippen molar-refractivity contribution in [2.75, 3.05) is 18.4 Å². The van der Waals surface area contributed by atoms with E-state index in [4.69, 9.17) is 4.74 Å². The second-order valence-electron chi connectivity index (χ2n) is 8.23. The lowest BCUT2D eigenvalue weighted by Crippen LogP contribution is -2.46. The molecule has 0 aromatic carbocycles. The molecule has 1 atom stereocenters. The third-order valence-electron chi connectivity index (χ3n) is 4.99. The summed E-state index contributed by atoms with van der Waals surface area (Å²) in [6.07, 6.45) is 1.78. The maximum atomic E-state index is 12.6. The summed E-state index contributed by atoms with van der Waals surface area (Å²) in [6, 6.07) is 3.71. The third kappa shape index (κ3) is 2.78. The van der Waals surface area contributed by atoms with Crippen LogP contribution in [0.15, 0.2) is 18.3 Å². The molecule has 1 spiro atoms. The van der Waals surface area contributed by atoms with E-state index in [1.54, 1.807) is 22.6 Å². The molecule has 0 saturated carbocycles. The molecule has 2 N–H and O–H groups in total. The highest BCUT2D eigenvalue weighted by Gasteiger charge is 2.50. The quantitative estimate of drug-likeness (QED) is 0.776. The summed E-state index contributed by atoms with van der Waals surface area (Å²) >= 11 is 0. The molecule has 1 amide bonds. The van der Waals surface area contributed by atoms with E-state index >= 15 is 0 Å². The van der Waals surface area contributed by atoms with Crippen LogP contribution in [0.4, 0.5) is 10.5 Å². The van der Waals surface area contributed by atoms with Crippen molar-refractivity contribution in [1.29, 1.82) is 0 Å². The van der Waals surface area contributed by atoms with Gasteiger partial charge in [-0.05, 0) is 46.2 Å². The molecule has 1 fully saturated rings.